The van der Waals surface area contributed by atoms with Gasteiger partial charge in [0.2, 0.25) is 0 Å². The molecule has 0 radical (unpaired) electrons. The van der Waals surface area contributed by atoms with Crippen LogP contribution in [0.4, 0.5) is 0 Å². The Bertz CT molecular complexity index is 370. The van der Waals surface area contributed by atoms with E-state index in [1.165, 1.54) is 0 Å². The molecule has 0 amide bonds. The van der Waals surface area contributed by atoms with E-state index in [2.05, 4.69) is 0 Å². The number of hydrogen-bond acceptors (Lipinski definition) is 3. The number of carbonyl (C=O) groups excluding carboxylic acids is 1. The molecule has 1 aromatic rings. The molecule has 3 nitrogen and oxygen atoms in total. The second-order valence-corrected chi connectivity index (χ2v) is 4.45. The number of benzene rings is 1. The molecule has 16 heavy (non-hydrogen) atoms. The van der Waals surface area contributed by atoms with Gasteiger partial charge < -0.3 is 9.47 Å². The first-order valence-corrected chi connectivity index (χ1v) is 5.45. The van der Waals surface area contributed by atoms with Gasteiger partial charge >= 0.3 is 0 Å². The number of ether oxygens (including phenoxy) is 2. The van der Waals surface area contributed by atoms with Gasteiger partial charge in [0, 0.05) is 6.42 Å². The Morgan fingerprint density at radius 1 is 1.38 bits per heavy atom. The molecule has 2 rings (SSSR count). The second kappa shape index (κ2) is 4.36. The quantitative estimate of drug-likeness (QED) is 0.781. The van der Waals surface area contributed by atoms with Crippen molar-refractivity contribution >= 4 is 5.78 Å². The van der Waals surface area contributed by atoms with E-state index in [9.17, 15) is 4.79 Å². The third kappa shape index (κ3) is 2.68. The van der Waals surface area contributed by atoms with E-state index >= 15 is 0 Å². The monoisotopic (exact) mass is 220 g/mol. The highest BCUT2D eigenvalue weighted by Crippen LogP contribution is 2.23. The van der Waals surface area contributed by atoms with Crippen LogP contribution < -0.4 is 0 Å². The summed E-state index contributed by atoms with van der Waals surface area (Å²) in [5, 5.41) is 0. The first-order valence-electron chi connectivity index (χ1n) is 5.45. The number of rotatable bonds is 3. The fourth-order valence-corrected chi connectivity index (χ4v) is 1.76. The van der Waals surface area contributed by atoms with Gasteiger partial charge in [0.1, 0.15) is 6.10 Å². The summed E-state index contributed by atoms with van der Waals surface area (Å²) in [5.74, 6) is -0.548. The fourth-order valence-electron chi connectivity index (χ4n) is 1.76. The highest BCUT2D eigenvalue weighted by atomic mass is 16.7. The summed E-state index contributed by atoms with van der Waals surface area (Å²) >= 11 is 0. The molecule has 86 valence electrons. The molecule has 1 fully saturated rings. The standard InChI is InChI=1S/C13H16O3/c1-13(2)15-9-12(16-13)11(14)8-10-6-4-3-5-7-10/h3-7,12H,8-9H2,1-2H3. The van der Waals surface area contributed by atoms with Crippen molar-refractivity contribution in [2.75, 3.05) is 6.61 Å². The van der Waals surface area contributed by atoms with Crippen molar-refractivity contribution < 1.29 is 14.3 Å². The fraction of sp³-hybridized carbons (Fsp3) is 0.462. The summed E-state index contributed by atoms with van der Waals surface area (Å²) in [6.45, 7) is 4.00. The summed E-state index contributed by atoms with van der Waals surface area (Å²) in [6.07, 6.45) is -0.0134. The first kappa shape index (κ1) is 11.3. The van der Waals surface area contributed by atoms with E-state index in [0.29, 0.717) is 13.0 Å². The Morgan fingerprint density at radius 2 is 2.06 bits per heavy atom. The third-order valence-corrected chi connectivity index (χ3v) is 2.59. The van der Waals surface area contributed by atoms with Crippen LogP contribution in [0.2, 0.25) is 0 Å². The average Bonchev–Trinajstić information content (AvgIpc) is 2.60. The van der Waals surface area contributed by atoms with Crippen LogP contribution in [0, 0.1) is 0 Å². The number of ketones is 1. The molecular weight excluding hydrogens is 204 g/mol. The van der Waals surface area contributed by atoms with Crippen LogP contribution in [0.5, 0.6) is 0 Å². The maximum absolute atomic E-state index is 11.9. The predicted molar refractivity (Wildman–Crippen MR) is 60.1 cm³/mol. The molecule has 0 spiro atoms. The van der Waals surface area contributed by atoms with E-state index in [-0.39, 0.29) is 5.78 Å². The van der Waals surface area contributed by atoms with E-state index < -0.39 is 11.9 Å². The van der Waals surface area contributed by atoms with Gasteiger partial charge in [-0.1, -0.05) is 30.3 Å². The van der Waals surface area contributed by atoms with Crippen LogP contribution >= 0.6 is 0 Å². The molecule has 0 saturated carbocycles. The topological polar surface area (TPSA) is 35.5 Å². The minimum atomic E-state index is -0.628. The number of hydrogen-bond donors (Lipinski definition) is 0. The van der Waals surface area contributed by atoms with E-state index in [1.807, 2.05) is 44.2 Å². The molecule has 0 aliphatic carbocycles. The molecule has 1 heterocycles. The maximum Gasteiger partial charge on any atom is 0.168 e. The summed E-state index contributed by atoms with van der Waals surface area (Å²) in [7, 11) is 0. The average molecular weight is 220 g/mol. The lowest BCUT2D eigenvalue weighted by Crippen LogP contribution is -2.28. The van der Waals surface area contributed by atoms with Crippen LogP contribution in [-0.4, -0.2) is 24.3 Å². The normalized spacial score (nSPS) is 23.2. The SMILES string of the molecule is CC1(C)OCC(C(=O)Cc2ccccc2)O1. The lowest BCUT2D eigenvalue weighted by atomic mass is 10.1. The zero-order valence-corrected chi connectivity index (χ0v) is 9.60. The van der Waals surface area contributed by atoms with Crippen LogP contribution in [0.3, 0.4) is 0 Å². The maximum atomic E-state index is 11.9. The van der Waals surface area contributed by atoms with Crippen LogP contribution in [-0.2, 0) is 20.7 Å². The lowest BCUT2D eigenvalue weighted by Gasteiger charge is -2.16. The highest BCUT2D eigenvalue weighted by Gasteiger charge is 2.36. The molecule has 1 aliphatic heterocycles. The summed E-state index contributed by atoms with van der Waals surface area (Å²) in [4.78, 5) is 11.9. The van der Waals surface area contributed by atoms with Crippen molar-refractivity contribution in [1.82, 2.24) is 0 Å². The first-order chi connectivity index (χ1) is 7.57. The van der Waals surface area contributed by atoms with Crippen molar-refractivity contribution in [3.63, 3.8) is 0 Å². The van der Waals surface area contributed by atoms with E-state index in [0.717, 1.165) is 5.56 Å². The number of Topliss-reactive ketones (excluding diaryl/α,β-unsaturated/α-hetero) is 1. The summed E-state index contributed by atoms with van der Waals surface area (Å²) < 4.78 is 10.9. The molecule has 0 aromatic heterocycles. The second-order valence-electron chi connectivity index (χ2n) is 4.45. The molecular formula is C13H16O3. The molecule has 3 heteroatoms. The minimum absolute atomic E-state index is 0.0803. The summed E-state index contributed by atoms with van der Waals surface area (Å²) in [6, 6.07) is 9.68. The molecule has 0 N–H and O–H groups in total. The Hall–Kier alpha value is -1.19. The van der Waals surface area contributed by atoms with Gasteiger partial charge in [-0.3, -0.25) is 4.79 Å². The van der Waals surface area contributed by atoms with Crippen LogP contribution in [0.25, 0.3) is 0 Å². The predicted octanol–water partition coefficient (Wildman–Crippen LogP) is 1.95. The molecule has 1 aromatic carbocycles. The lowest BCUT2D eigenvalue weighted by molar-refractivity contribution is -0.151. The van der Waals surface area contributed by atoms with Gasteiger partial charge in [-0.2, -0.15) is 0 Å². The Labute approximate surface area is 95.4 Å². The van der Waals surface area contributed by atoms with Gasteiger partial charge in [0.15, 0.2) is 11.6 Å². The Balaban J connectivity index is 1.95. The van der Waals surface area contributed by atoms with E-state index in [4.69, 9.17) is 9.47 Å². The van der Waals surface area contributed by atoms with Crippen molar-refractivity contribution in [3.8, 4) is 0 Å². The van der Waals surface area contributed by atoms with Crippen molar-refractivity contribution in [1.29, 1.82) is 0 Å². The zero-order valence-electron chi connectivity index (χ0n) is 9.60. The largest absolute Gasteiger partial charge is 0.347 e. The summed E-state index contributed by atoms with van der Waals surface area (Å²) in [5.41, 5.74) is 1.01. The van der Waals surface area contributed by atoms with Gasteiger partial charge in [-0.05, 0) is 19.4 Å². The molecule has 1 saturated heterocycles. The van der Waals surface area contributed by atoms with Gasteiger partial charge in [-0.25, -0.2) is 0 Å². The third-order valence-electron chi connectivity index (χ3n) is 2.59. The Kier molecular flexibility index (Phi) is 3.08. The van der Waals surface area contributed by atoms with Crippen LogP contribution in [0.15, 0.2) is 30.3 Å². The molecule has 1 atom stereocenters. The van der Waals surface area contributed by atoms with Gasteiger partial charge in [0.25, 0.3) is 0 Å². The molecule has 1 unspecified atom stereocenters. The Morgan fingerprint density at radius 3 is 2.62 bits per heavy atom. The van der Waals surface area contributed by atoms with Crippen molar-refractivity contribution in [3.05, 3.63) is 35.9 Å². The smallest absolute Gasteiger partial charge is 0.168 e. The van der Waals surface area contributed by atoms with Gasteiger partial charge in [-0.15, -0.1) is 0 Å². The number of carbonyl (C=O) groups is 1. The van der Waals surface area contributed by atoms with E-state index in [1.54, 1.807) is 0 Å². The molecule has 1 aliphatic rings. The molecule has 0 bridgehead atoms. The van der Waals surface area contributed by atoms with Gasteiger partial charge in [0.05, 0.1) is 6.61 Å². The zero-order chi connectivity index (χ0) is 11.6. The van der Waals surface area contributed by atoms with Crippen molar-refractivity contribution in [2.24, 2.45) is 0 Å². The highest BCUT2D eigenvalue weighted by molar-refractivity contribution is 5.85. The van der Waals surface area contributed by atoms with Crippen molar-refractivity contribution in [2.45, 2.75) is 32.2 Å². The van der Waals surface area contributed by atoms with Crippen LogP contribution in [0.1, 0.15) is 19.4 Å². The minimum Gasteiger partial charge on any atom is -0.347 e.